The van der Waals surface area contributed by atoms with Crippen molar-refractivity contribution >= 4 is 0 Å². The molecule has 2 rings (SSSR count). The maximum absolute atomic E-state index is 13.1. The van der Waals surface area contributed by atoms with Gasteiger partial charge in [-0.1, -0.05) is 6.07 Å². The normalized spacial score (nSPS) is 22.9. The Morgan fingerprint density at radius 3 is 3.06 bits per heavy atom. The number of nitrogens with zero attached hydrogens (tertiary/aromatic N) is 1. The first-order chi connectivity index (χ1) is 8.70. The molecule has 2 unspecified atom stereocenters. The van der Waals surface area contributed by atoms with Crippen LogP contribution in [0.3, 0.4) is 0 Å². The lowest BCUT2D eigenvalue weighted by molar-refractivity contribution is 0.105. The van der Waals surface area contributed by atoms with Crippen molar-refractivity contribution < 1.29 is 9.13 Å². The smallest absolute Gasteiger partial charge is 0.140 e. The van der Waals surface area contributed by atoms with E-state index in [2.05, 4.69) is 12.2 Å². The van der Waals surface area contributed by atoms with Crippen LogP contribution in [0.5, 0.6) is 0 Å². The Bertz CT molecular complexity index is 456. The van der Waals surface area contributed by atoms with E-state index in [1.54, 1.807) is 12.1 Å². The van der Waals surface area contributed by atoms with Crippen LogP contribution in [-0.2, 0) is 11.3 Å². The molecule has 2 atom stereocenters. The Kier molecular flexibility index (Phi) is 4.29. The van der Waals surface area contributed by atoms with Crippen molar-refractivity contribution in [2.75, 3.05) is 13.2 Å². The number of nitriles is 1. The molecule has 0 saturated carbocycles. The van der Waals surface area contributed by atoms with Crippen molar-refractivity contribution in [2.24, 2.45) is 5.92 Å². The Morgan fingerprint density at radius 2 is 2.39 bits per heavy atom. The van der Waals surface area contributed by atoms with E-state index in [0.29, 0.717) is 18.6 Å². The predicted octanol–water partition coefficient (Wildman–Crippen LogP) is 2.21. The Balaban J connectivity index is 1.85. The first-order valence-electron chi connectivity index (χ1n) is 6.21. The van der Waals surface area contributed by atoms with E-state index in [4.69, 9.17) is 10.00 Å². The third-order valence-corrected chi connectivity index (χ3v) is 3.42. The van der Waals surface area contributed by atoms with Crippen LogP contribution >= 0.6 is 0 Å². The number of nitrogens with one attached hydrogen (secondary N) is 1. The lowest BCUT2D eigenvalue weighted by Gasteiger charge is -2.14. The third-order valence-electron chi connectivity index (χ3n) is 3.42. The Hall–Kier alpha value is -1.44. The van der Waals surface area contributed by atoms with Crippen LogP contribution < -0.4 is 5.32 Å². The van der Waals surface area contributed by atoms with Crippen molar-refractivity contribution in [3.8, 4) is 6.07 Å². The van der Waals surface area contributed by atoms with Gasteiger partial charge in [-0.25, -0.2) is 4.39 Å². The molecule has 0 radical (unpaired) electrons. The highest BCUT2D eigenvalue weighted by molar-refractivity contribution is 5.34. The van der Waals surface area contributed by atoms with Crippen LogP contribution in [0.1, 0.15) is 24.5 Å². The van der Waals surface area contributed by atoms with E-state index in [1.807, 2.05) is 6.07 Å². The van der Waals surface area contributed by atoms with Crippen molar-refractivity contribution in [3.63, 3.8) is 0 Å². The van der Waals surface area contributed by atoms with Crippen LogP contribution in [-0.4, -0.2) is 19.3 Å². The molecule has 1 N–H and O–H groups in total. The number of rotatable bonds is 4. The van der Waals surface area contributed by atoms with Gasteiger partial charge in [0.15, 0.2) is 0 Å². The number of benzene rings is 1. The van der Waals surface area contributed by atoms with Crippen LogP contribution in [0, 0.1) is 23.1 Å². The molecule has 0 amide bonds. The molecule has 1 saturated heterocycles. The van der Waals surface area contributed by atoms with E-state index in [1.165, 1.54) is 6.07 Å². The minimum atomic E-state index is -0.459. The molecular weight excluding hydrogens is 231 g/mol. The minimum absolute atomic E-state index is 0.104. The standard InChI is InChI=1S/C14H17FN2O/c1-10-12(4-5-18-10)9-17-8-11-2-3-14(15)13(6-11)7-16/h2-3,6,10,12,17H,4-5,8-9H2,1H3. The summed E-state index contributed by atoms with van der Waals surface area (Å²) in [6.07, 6.45) is 1.39. The highest BCUT2D eigenvalue weighted by Crippen LogP contribution is 2.19. The molecular formula is C14H17FN2O. The van der Waals surface area contributed by atoms with Crippen molar-refractivity contribution in [2.45, 2.75) is 26.0 Å². The fraction of sp³-hybridized carbons (Fsp3) is 0.500. The molecule has 18 heavy (non-hydrogen) atoms. The number of halogens is 1. The molecule has 96 valence electrons. The molecule has 1 aromatic rings. The summed E-state index contributed by atoms with van der Waals surface area (Å²) in [5.74, 6) is 0.0833. The summed E-state index contributed by atoms with van der Waals surface area (Å²) in [6.45, 7) is 4.46. The summed E-state index contributed by atoms with van der Waals surface area (Å²) < 4.78 is 18.6. The van der Waals surface area contributed by atoms with Gasteiger partial charge in [0.2, 0.25) is 0 Å². The topological polar surface area (TPSA) is 45.0 Å². The highest BCUT2D eigenvalue weighted by Gasteiger charge is 2.23. The molecule has 1 aliphatic rings. The van der Waals surface area contributed by atoms with Gasteiger partial charge >= 0.3 is 0 Å². The molecule has 4 heteroatoms. The average molecular weight is 248 g/mol. The van der Waals surface area contributed by atoms with Crippen molar-refractivity contribution in [1.82, 2.24) is 5.32 Å². The van der Waals surface area contributed by atoms with Gasteiger partial charge in [0.1, 0.15) is 11.9 Å². The Labute approximate surface area is 107 Å². The molecule has 1 heterocycles. The number of hydrogen-bond donors (Lipinski definition) is 1. The van der Waals surface area contributed by atoms with E-state index in [9.17, 15) is 4.39 Å². The zero-order chi connectivity index (χ0) is 13.0. The second-order valence-corrected chi connectivity index (χ2v) is 4.68. The van der Waals surface area contributed by atoms with Crippen LogP contribution in [0.25, 0.3) is 0 Å². The molecule has 0 aliphatic carbocycles. The van der Waals surface area contributed by atoms with Gasteiger partial charge in [0.25, 0.3) is 0 Å². The fourth-order valence-corrected chi connectivity index (χ4v) is 2.21. The monoisotopic (exact) mass is 248 g/mol. The number of ether oxygens (including phenoxy) is 1. The summed E-state index contributed by atoms with van der Waals surface area (Å²) in [5.41, 5.74) is 1.03. The maximum Gasteiger partial charge on any atom is 0.140 e. The van der Waals surface area contributed by atoms with Gasteiger partial charge in [-0.3, -0.25) is 0 Å². The van der Waals surface area contributed by atoms with Gasteiger partial charge in [-0.05, 0) is 37.0 Å². The summed E-state index contributed by atoms with van der Waals surface area (Å²) in [5, 5.41) is 12.1. The molecule has 1 aliphatic heterocycles. The zero-order valence-corrected chi connectivity index (χ0v) is 10.4. The quantitative estimate of drug-likeness (QED) is 0.888. The van der Waals surface area contributed by atoms with E-state index >= 15 is 0 Å². The summed E-state index contributed by atoms with van der Waals surface area (Å²) >= 11 is 0. The molecule has 0 bridgehead atoms. The molecule has 3 nitrogen and oxygen atoms in total. The zero-order valence-electron chi connectivity index (χ0n) is 10.4. The van der Waals surface area contributed by atoms with Crippen molar-refractivity contribution in [1.29, 1.82) is 5.26 Å². The summed E-state index contributed by atoms with van der Waals surface area (Å²) in [4.78, 5) is 0. The van der Waals surface area contributed by atoms with Gasteiger partial charge in [0.05, 0.1) is 11.7 Å². The predicted molar refractivity (Wildman–Crippen MR) is 66.3 cm³/mol. The third kappa shape index (κ3) is 3.06. The van der Waals surface area contributed by atoms with Crippen LogP contribution in [0.2, 0.25) is 0 Å². The first-order valence-corrected chi connectivity index (χ1v) is 6.21. The van der Waals surface area contributed by atoms with Crippen LogP contribution in [0.4, 0.5) is 4.39 Å². The van der Waals surface area contributed by atoms with Gasteiger partial charge in [-0.15, -0.1) is 0 Å². The second kappa shape index (κ2) is 5.94. The molecule has 0 aromatic heterocycles. The molecule has 1 aromatic carbocycles. The Morgan fingerprint density at radius 1 is 1.56 bits per heavy atom. The summed E-state index contributed by atoms with van der Waals surface area (Å²) in [6, 6.07) is 6.50. The largest absolute Gasteiger partial charge is 0.378 e. The van der Waals surface area contributed by atoms with E-state index < -0.39 is 5.82 Å². The van der Waals surface area contributed by atoms with Crippen LogP contribution in [0.15, 0.2) is 18.2 Å². The average Bonchev–Trinajstić information content (AvgIpc) is 2.77. The second-order valence-electron chi connectivity index (χ2n) is 4.68. The summed E-state index contributed by atoms with van der Waals surface area (Å²) in [7, 11) is 0. The van der Waals surface area contributed by atoms with Gasteiger partial charge in [-0.2, -0.15) is 5.26 Å². The van der Waals surface area contributed by atoms with Gasteiger partial charge in [0, 0.05) is 19.7 Å². The lowest BCUT2D eigenvalue weighted by atomic mass is 10.0. The minimum Gasteiger partial charge on any atom is -0.378 e. The van der Waals surface area contributed by atoms with E-state index in [0.717, 1.165) is 25.1 Å². The van der Waals surface area contributed by atoms with E-state index in [-0.39, 0.29) is 5.56 Å². The van der Waals surface area contributed by atoms with Crippen molar-refractivity contribution in [3.05, 3.63) is 35.1 Å². The number of hydrogen-bond acceptors (Lipinski definition) is 3. The maximum atomic E-state index is 13.1. The van der Waals surface area contributed by atoms with Gasteiger partial charge < -0.3 is 10.1 Å². The lowest BCUT2D eigenvalue weighted by Crippen LogP contribution is -2.26. The highest BCUT2D eigenvalue weighted by atomic mass is 19.1. The fourth-order valence-electron chi connectivity index (χ4n) is 2.21. The molecule has 0 spiro atoms. The first kappa shape index (κ1) is 13.0. The SMILES string of the molecule is CC1OCCC1CNCc1ccc(F)c(C#N)c1. The molecule has 1 fully saturated rings.